The van der Waals surface area contributed by atoms with Crippen LogP contribution in [0.4, 0.5) is 0 Å². The Morgan fingerprint density at radius 2 is 0.651 bits per heavy atom. The molecule has 6 N–H and O–H groups in total. The van der Waals surface area contributed by atoms with Gasteiger partial charge in [-0.1, -0.05) is 378 Å². The van der Waals surface area contributed by atoms with E-state index in [4.69, 9.17) is 9.47 Å². The topological polar surface area (TPSA) is 149 Å². The first-order valence-electron chi connectivity index (χ1n) is 38.6. The van der Waals surface area contributed by atoms with Gasteiger partial charge in [0, 0.05) is 6.42 Å². The molecule has 86 heavy (non-hydrogen) atoms. The first kappa shape index (κ1) is 82.7. The van der Waals surface area contributed by atoms with Crippen molar-refractivity contribution in [3.63, 3.8) is 0 Å². The fourth-order valence-electron chi connectivity index (χ4n) is 12.7. The quantitative estimate of drug-likeness (QED) is 0.0261. The maximum absolute atomic E-state index is 13.1. The van der Waals surface area contributed by atoms with E-state index in [2.05, 4.69) is 31.3 Å². The molecule has 7 atom stereocenters. The minimum Gasteiger partial charge on any atom is -0.394 e. The van der Waals surface area contributed by atoms with E-state index in [-0.39, 0.29) is 12.5 Å². The number of aliphatic hydroxyl groups is 5. The molecule has 510 valence electrons. The number of hydrogen-bond donors (Lipinski definition) is 6. The lowest BCUT2D eigenvalue weighted by atomic mass is 9.99. The Bertz CT molecular complexity index is 1410. The Labute approximate surface area is 534 Å². The van der Waals surface area contributed by atoms with Gasteiger partial charge in [0.05, 0.1) is 25.4 Å². The number of unbranched alkanes of at least 4 members (excludes halogenated alkanes) is 57. The maximum Gasteiger partial charge on any atom is 0.220 e. The second-order valence-corrected chi connectivity index (χ2v) is 27.2. The van der Waals surface area contributed by atoms with E-state index in [0.717, 1.165) is 38.5 Å². The standard InChI is InChI=1S/C77H149NO8/c1-3-5-7-9-11-13-15-17-19-21-23-25-27-28-29-30-31-32-33-34-35-36-37-38-39-40-41-42-43-44-45-47-49-51-53-55-57-59-61-63-65-67-73(81)78-70(69-85-77-76(84)75(83)74(82)72(68-79)86-77)71(80)66-64-62-60-58-56-54-52-50-48-46-26-24-22-20-18-16-14-12-10-8-6-4-2/h21,23,64,66,70-72,74-77,79-80,82-84H,3-20,22,24-63,65,67-69H2,1-2H3,(H,78,81)/b23-21-,66-64+. The molecule has 0 spiro atoms. The Morgan fingerprint density at radius 1 is 0.384 bits per heavy atom. The van der Waals surface area contributed by atoms with Crippen molar-refractivity contribution in [2.24, 2.45) is 0 Å². The molecule has 7 unspecified atom stereocenters. The second kappa shape index (κ2) is 66.6. The molecule has 1 fully saturated rings. The summed E-state index contributed by atoms with van der Waals surface area (Å²) in [6, 6.07) is -0.803. The zero-order valence-electron chi connectivity index (χ0n) is 57.4. The van der Waals surface area contributed by atoms with Gasteiger partial charge in [-0.2, -0.15) is 0 Å². The highest BCUT2D eigenvalue weighted by Crippen LogP contribution is 2.24. The molecular formula is C77H149NO8. The number of hydrogen-bond acceptors (Lipinski definition) is 8. The van der Waals surface area contributed by atoms with E-state index in [1.54, 1.807) is 6.08 Å². The van der Waals surface area contributed by atoms with Crippen molar-refractivity contribution in [2.45, 2.75) is 448 Å². The zero-order chi connectivity index (χ0) is 62.1. The van der Waals surface area contributed by atoms with Gasteiger partial charge in [-0.15, -0.1) is 0 Å². The van der Waals surface area contributed by atoms with E-state index in [1.165, 1.54) is 347 Å². The van der Waals surface area contributed by atoms with E-state index >= 15 is 0 Å². The van der Waals surface area contributed by atoms with Crippen LogP contribution in [-0.2, 0) is 14.3 Å². The van der Waals surface area contributed by atoms with E-state index in [1.807, 2.05) is 6.08 Å². The number of aliphatic hydroxyl groups excluding tert-OH is 5. The van der Waals surface area contributed by atoms with Gasteiger partial charge in [0.25, 0.3) is 0 Å². The molecule has 0 bridgehead atoms. The molecule has 9 nitrogen and oxygen atoms in total. The summed E-state index contributed by atoms with van der Waals surface area (Å²) >= 11 is 0. The molecule has 1 aliphatic rings. The van der Waals surface area contributed by atoms with Crippen LogP contribution in [0.25, 0.3) is 0 Å². The van der Waals surface area contributed by atoms with Crippen LogP contribution in [0, 0.1) is 0 Å². The largest absolute Gasteiger partial charge is 0.394 e. The average Bonchev–Trinajstić information content (AvgIpc) is 2.36. The van der Waals surface area contributed by atoms with Gasteiger partial charge in [0.2, 0.25) is 5.91 Å². The predicted octanol–water partition coefficient (Wildman–Crippen LogP) is 21.6. The number of nitrogens with one attached hydrogen (secondary N) is 1. The van der Waals surface area contributed by atoms with Crippen molar-refractivity contribution >= 4 is 5.91 Å². The molecule has 0 aromatic carbocycles. The third-order valence-electron chi connectivity index (χ3n) is 18.8. The van der Waals surface area contributed by atoms with Crippen molar-refractivity contribution in [3.8, 4) is 0 Å². The van der Waals surface area contributed by atoms with Crippen molar-refractivity contribution < 1.29 is 39.8 Å². The Kier molecular flexibility index (Phi) is 64.0. The summed E-state index contributed by atoms with van der Waals surface area (Å²) in [5.41, 5.74) is 0. The molecule has 1 amide bonds. The van der Waals surface area contributed by atoms with Gasteiger partial charge < -0.3 is 40.3 Å². The van der Waals surface area contributed by atoms with E-state index in [0.29, 0.717) is 6.42 Å². The highest BCUT2D eigenvalue weighted by Gasteiger charge is 2.44. The third-order valence-corrected chi connectivity index (χ3v) is 18.8. The summed E-state index contributed by atoms with van der Waals surface area (Å²) in [4.78, 5) is 13.1. The molecule has 1 rings (SSSR count). The maximum atomic E-state index is 13.1. The van der Waals surface area contributed by atoms with Crippen LogP contribution in [0.5, 0.6) is 0 Å². The van der Waals surface area contributed by atoms with Crippen molar-refractivity contribution in [1.29, 1.82) is 0 Å². The van der Waals surface area contributed by atoms with Gasteiger partial charge in [-0.25, -0.2) is 0 Å². The van der Waals surface area contributed by atoms with Crippen molar-refractivity contribution in [1.82, 2.24) is 5.32 Å². The summed E-state index contributed by atoms with van der Waals surface area (Å²) in [5, 5.41) is 54.8. The normalized spacial score (nSPS) is 18.1. The van der Waals surface area contributed by atoms with Crippen LogP contribution >= 0.6 is 0 Å². The number of carbonyl (C=O) groups excluding carboxylic acids is 1. The summed E-state index contributed by atoms with van der Waals surface area (Å²) in [5.74, 6) is -0.167. The lowest BCUT2D eigenvalue weighted by Gasteiger charge is -2.40. The number of ether oxygens (including phenoxy) is 2. The fraction of sp³-hybridized carbons (Fsp3) is 0.935. The zero-order valence-corrected chi connectivity index (χ0v) is 57.4. The monoisotopic (exact) mass is 1220 g/mol. The fourth-order valence-corrected chi connectivity index (χ4v) is 12.7. The minimum atomic E-state index is -1.57. The lowest BCUT2D eigenvalue weighted by Crippen LogP contribution is -2.60. The molecule has 9 heteroatoms. The molecule has 0 aromatic heterocycles. The van der Waals surface area contributed by atoms with Crippen molar-refractivity contribution in [2.75, 3.05) is 13.2 Å². The second-order valence-electron chi connectivity index (χ2n) is 27.2. The molecule has 0 radical (unpaired) electrons. The predicted molar refractivity (Wildman–Crippen MR) is 369 cm³/mol. The van der Waals surface area contributed by atoms with Crippen LogP contribution in [0.15, 0.2) is 24.3 Å². The average molecular weight is 1220 g/mol. The van der Waals surface area contributed by atoms with Crippen LogP contribution in [0.3, 0.4) is 0 Å². The number of carbonyl (C=O) groups is 1. The summed E-state index contributed by atoms with van der Waals surface area (Å²) in [6.45, 7) is 3.84. The third kappa shape index (κ3) is 54.4. The van der Waals surface area contributed by atoms with Gasteiger partial charge in [0.15, 0.2) is 6.29 Å². The highest BCUT2D eigenvalue weighted by atomic mass is 16.7. The Hall–Kier alpha value is -1.33. The molecular weight excluding hydrogens is 1070 g/mol. The molecule has 1 heterocycles. The molecule has 1 aliphatic heterocycles. The first-order chi connectivity index (χ1) is 42.3. The SMILES string of the molecule is CCCCCCCCCC/C=C\CCCCCCCCCCCCCCCCCCCCCCCCCCCCCCCC(=O)NC(COC1OC(CO)C(O)C(O)C1O)C(O)/C=C/CCCCCCCCCCCCCCCCCCCCCC. The number of allylic oxidation sites excluding steroid dienone is 3. The first-order valence-corrected chi connectivity index (χ1v) is 38.6. The molecule has 1 saturated heterocycles. The van der Waals surface area contributed by atoms with Gasteiger partial charge in [-0.3, -0.25) is 4.79 Å². The van der Waals surface area contributed by atoms with Gasteiger partial charge in [0.1, 0.15) is 24.4 Å². The number of amides is 1. The molecule has 0 aromatic rings. The molecule has 0 saturated carbocycles. The smallest absolute Gasteiger partial charge is 0.220 e. The van der Waals surface area contributed by atoms with Crippen LogP contribution in [-0.4, -0.2) is 87.5 Å². The Morgan fingerprint density at radius 3 is 0.942 bits per heavy atom. The number of rotatable bonds is 69. The van der Waals surface area contributed by atoms with Gasteiger partial charge in [-0.05, 0) is 44.9 Å². The summed E-state index contributed by atoms with van der Waals surface area (Å²) < 4.78 is 11.3. The van der Waals surface area contributed by atoms with Crippen molar-refractivity contribution in [3.05, 3.63) is 24.3 Å². The van der Waals surface area contributed by atoms with Crippen LogP contribution in [0.2, 0.25) is 0 Å². The van der Waals surface area contributed by atoms with E-state index in [9.17, 15) is 30.3 Å². The van der Waals surface area contributed by atoms with Crippen LogP contribution < -0.4 is 5.32 Å². The van der Waals surface area contributed by atoms with Crippen LogP contribution in [0.1, 0.15) is 406 Å². The summed E-state index contributed by atoms with van der Waals surface area (Å²) in [7, 11) is 0. The Balaban J connectivity index is 2.02. The van der Waals surface area contributed by atoms with E-state index < -0.39 is 49.5 Å². The minimum absolute atomic E-state index is 0.167. The molecule has 0 aliphatic carbocycles. The highest BCUT2D eigenvalue weighted by molar-refractivity contribution is 5.76. The lowest BCUT2D eigenvalue weighted by molar-refractivity contribution is -0.302. The van der Waals surface area contributed by atoms with Gasteiger partial charge >= 0.3 is 0 Å². The summed E-state index contributed by atoms with van der Waals surface area (Å²) in [6.07, 6.45) is 81.8.